The van der Waals surface area contributed by atoms with Crippen molar-refractivity contribution in [3.63, 3.8) is 0 Å². The highest BCUT2D eigenvalue weighted by Crippen LogP contribution is 2.38. The number of nitrogens with zero attached hydrogens (tertiary/aromatic N) is 4. The van der Waals surface area contributed by atoms with Gasteiger partial charge in [0.05, 0.1) is 22.6 Å². The van der Waals surface area contributed by atoms with Gasteiger partial charge in [-0.3, -0.25) is 14.9 Å². The summed E-state index contributed by atoms with van der Waals surface area (Å²) in [6.45, 7) is 2.35. The lowest BCUT2D eigenvalue weighted by Gasteiger charge is -2.26. The topological polar surface area (TPSA) is 129 Å². The van der Waals surface area contributed by atoms with Crippen molar-refractivity contribution in [2.75, 3.05) is 11.9 Å². The highest BCUT2D eigenvalue weighted by atomic mass is 16.6. The van der Waals surface area contributed by atoms with Crippen molar-refractivity contribution < 1.29 is 19.2 Å². The van der Waals surface area contributed by atoms with Crippen LogP contribution in [-0.2, 0) is 9.53 Å². The standard InChI is InChI=1S/C31H33N5O5/c1-2-3-9-19-41-31(38)27-28-30(33-25-16-8-7-15-24(25)32-28)35(22-12-5-4-6-13-22)29(27)34-26(37)18-17-21-11-10-14-23(20-21)36(39)40/h7-8,10-11,14-18,20,22H,2-6,9,12-13,19H2,1H3,(H,34,37)/b18-17+. The third-order valence-corrected chi connectivity index (χ3v) is 7.37. The molecule has 41 heavy (non-hydrogen) atoms. The van der Waals surface area contributed by atoms with Crippen molar-refractivity contribution in [3.05, 3.63) is 75.8 Å². The van der Waals surface area contributed by atoms with Crippen LogP contribution in [0.2, 0.25) is 0 Å². The fourth-order valence-corrected chi connectivity index (χ4v) is 5.34. The summed E-state index contributed by atoms with van der Waals surface area (Å²) in [5, 5.41) is 14.1. The molecule has 0 radical (unpaired) electrons. The number of unbranched alkanes of at least 4 members (excludes halogenated alkanes) is 2. The fraction of sp³-hybridized carbons (Fsp3) is 0.355. The minimum atomic E-state index is -0.553. The molecule has 2 aromatic heterocycles. The molecule has 1 amide bonds. The summed E-state index contributed by atoms with van der Waals surface area (Å²) in [6, 6.07) is 13.5. The SMILES string of the molecule is CCCCCOC(=O)c1c(NC(=O)/C=C/c2cccc([N+](=O)[O-])c2)n(C2CCCCC2)c2nc3ccccc3nc12. The molecule has 1 aliphatic rings. The zero-order valence-electron chi connectivity index (χ0n) is 23.0. The number of nitro groups is 1. The van der Waals surface area contributed by atoms with Gasteiger partial charge in [-0.2, -0.15) is 0 Å². The summed E-state index contributed by atoms with van der Waals surface area (Å²) >= 11 is 0. The Hall–Kier alpha value is -4.60. The molecule has 0 unspecified atom stereocenters. The molecule has 2 aromatic carbocycles. The fourth-order valence-electron chi connectivity index (χ4n) is 5.34. The summed E-state index contributed by atoms with van der Waals surface area (Å²) in [6.07, 6.45) is 10.4. The Labute approximate surface area is 237 Å². The number of para-hydroxylation sites is 2. The van der Waals surface area contributed by atoms with Crippen LogP contribution in [0.1, 0.15) is 80.3 Å². The van der Waals surface area contributed by atoms with Gasteiger partial charge >= 0.3 is 5.97 Å². The van der Waals surface area contributed by atoms with Gasteiger partial charge < -0.3 is 14.6 Å². The normalized spacial score (nSPS) is 14.1. The van der Waals surface area contributed by atoms with Crippen molar-refractivity contribution in [3.8, 4) is 0 Å². The first-order valence-electron chi connectivity index (χ1n) is 14.2. The Balaban J connectivity index is 1.59. The van der Waals surface area contributed by atoms with Crippen LogP contribution in [0.4, 0.5) is 11.5 Å². The van der Waals surface area contributed by atoms with Crippen molar-refractivity contribution in [2.45, 2.75) is 64.3 Å². The molecule has 1 N–H and O–H groups in total. The predicted molar refractivity (Wildman–Crippen MR) is 158 cm³/mol. The first kappa shape index (κ1) is 27.9. The second kappa shape index (κ2) is 12.7. The Kier molecular flexibility index (Phi) is 8.67. The van der Waals surface area contributed by atoms with E-state index in [2.05, 4.69) is 12.2 Å². The van der Waals surface area contributed by atoms with E-state index in [1.807, 2.05) is 28.8 Å². The van der Waals surface area contributed by atoms with E-state index in [9.17, 15) is 19.7 Å². The molecule has 4 aromatic rings. The highest BCUT2D eigenvalue weighted by molar-refractivity contribution is 6.13. The number of esters is 1. The van der Waals surface area contributed by atoms with E-state index in [1.54, 1.807) is 12.1 Å². The summed E-state index contributed by atoms with van der Waals surface area (Å²) in [7, 11) is 0. The average molecular weight is 556 g/mol. The second-order valence-corrected chi connectivity index (χ2v) is 10.3. The van der Waals surface area contributed by atoms with Crippen molar-refractivity contribution in [1.82, 2.24) is 14.5 Å². The first-order valence-corrected chi connectivity index (χ1v) is 14.2. The smallest absolute Gasteiger partial charge is 0.344 e. The van der Waals surface area contributed by atoms with E-state index < -0.39 is 16.8 Å². The van der Waals surface area contributed by atoms with Gasteiger partial charge in [-0.05, 0) is 43.0 Å². The Morgan fingerprint density at radius 2 is 1.83 bits per heavy atom. The number of hydrogen-bond donors (Lipinski definition) is 1. The van der Waals surface area contributed by atoms with Gasteiger partial charge in [-0.25, -0.2) is 14.8 Å². The second-order valence-electron chi connectivity index (χ2n) is 10.3. The zero-order valence-corrected chi connectivity index (χ0v) is 23.0. The minimum Gasteiger partial charge on any atom is -0.462 e. The molecule has 1 fully saturated rings. The van der Waals surface area contributed by atoms with E-state index in [0.717, 1.165) is 51.4 Å². The van der Waals surface area contributed by atoms with E-state index in [1.165, 1.54) is 24.3 Å². The van der Waals surface area contributed by atoms with E-state index in [0.29, 0.717) is 33.6 Å². The van der Waals surface area contributed by atoms with E-state index in [4.69, 9.17) is 14.7 Å². The van der Waals surface area contributed by atoms with Crippen LogP contribution in [0.25, 0.3) is 28.3 Å². The number of nitro benzene ring substituents is 1. The average Bonchev–Trinajstić information content (AvgIpc) is 3.29. The van der Waals surface area contributed by atoms with Crippen LogP contribution in [0.5, 0.6) is 0 Å². The van der Waals surface area contributed by atoms with Crippen LogP contribution < -0.4 is 5.32 Å². The number of fused-ring (bicyclic) bond motifs is 2. The van der Waals surface area contributed by atoms with Gasteiger partial charge in [0.1, 0.15) is 16.9 Å². The number of aromatic nitrogens is 3. The highest BCUT2D eigenvalue weighted by Gasteiger charge is 2.31. The molecular formula is C31H33N5O5. The number of ether oxygens (including phenoxy) is 1. The molecular weight excluding hydrogens is 522 g/mol. The summed E-state index contributed by atoms with van der Waals surface area (Å²) in [4.78, 5) is 47.3. The number of amides is 1. The molecule has 0 aliphatic heterocycles. The molecule has 10 heteroatoms. The van der Waals surface area contributed by atoms with Gasteiger partial charge in [0.25, 0.3) is 5.69 Å². The van der Waals surface area contributed by atoms with Gasteiger partial charge in [-0.15, -0.1) is 0 Å². The van der Waals surface area contributed by atoms with Crippen molar-refractivity contribution >= 4 is 51.7 Å². The van der Waals surface area contributed by atoms with Crippen LogP contribution in [0, 0.1) is 10.1 Å². The Morgan fingerprint density at radius 3 is 2.56 bits per heavy atom. The molecule has 0 bridgehead atoms. The number of hydrogen-bond acceptors (Lipinski definition) is 7. The lowest BCUT2D eigenvalue weighted by molar-refractivity contribution is -0.384. The maximum absolute atomic E-state index is 13.6. The monoisotopic (exact) mass is 555 g/mol. The molecule has 10 nitrogen and oxygen atoms in total. The number of anilines is 1. The zero-order chi connectivity index (χ0) is 28.8. The molecule has 0 atom stereocenters. The molecule has 0 spiro atoms. The maximum atomic E-state index is 13.6. The number of carbonyl (C=O) groups is 2. The van der Waals surface area contributed by atoms with E-state index >= 15 is 0 Å². The van der Waals surface area contributed by atoms with Gasteiger partial charge in [0.15, 0.2) is 5.65 Å². The van der Waals surface area contributed by atoms with E-state index in [-0.39, 0.29) is 23.9 Å². The summed E-state index contributed by atoms with van der Waals surface area (Å²) < 4.78 is 7.64. The van der Waals surface area contributed by atoms with Crippen molar-refractivity contribution in [2.24, 2.45) is 0 Å². The van der Waals surface area contributed by atoms with Crippen LogP contribution >= 0.6 is 0 Å². The van der Waals surface area contributed by atoms with Crippen LogP contribution in [-0.4, -0.2) is 37.9 Å². The number of rotatable bonds is 10. The lowest BCUT2D eigenvalue weighted by Crippen LogP contribution is -2.20. The predicted octanol–water partition coefficient (Wildman–Crippen LogP) is 7.00. The molecule has 0 saturated heterocycles. The molecule has 2 heterocycles. The van der Waals surface area contributed by atoms with Gasteiger partial charge in [0.2, 0.25) is 5.91 Å². The largest absolute Gasteiger partial charge is 0.462 e. The molecule has 1 saturated carbocycles. The Morgan fingerprint density at radius 1 is 1.07 bits per heavy atom. The number of carbonyl (C=O) groups excluding carboxylic acids is 2. The first-order chi connectivity index (χ1) is 20.0. The number of nitrogens with one attached hydrogen (secondary N) is 1. The number of non-ortho nitro benzene ring substituents is 1. The summed E-state index contributed by atoms with van der Waals surface area (Å²) in [5.74, 6) is -0.722. The van der Waals surface area contributed by atoms with Crippen LogP contribution in [0.3, 0.4) is 0 Å². The minimum absolute atomic E-state index is 0.0272. The third kappa shape index (κ3) is 6.26. The maximum Gasteiger partial charge on any atom is 0.344 e. The Bertz CT molecular complexity index is 1620. The third-order valence-electron chi connectivity index (χ3n) is 7.37. The molecule has 5 rings (SSSR count). The number of benzene rings is 2. The van der Waals surface area contributed by atoms with Gasteiger partial charge in [0, 0.05) is 24.3 Å². The molecule has 1 aliphatic carbocycles. The van der Waals surface area contributed by atoms with Crippen molar-refractivity contribution in [1.29, 1.82) is 0 Å². The van der Waals surface area contributed by atoms with Gasteiger partial charge in [-0.1, -0.05) is 63.3 Å². The van der Waals surface area contributed by atoms with Crippen LogP contribution in [0.15, 0.2) is 54.6 Å². The lowest BCUT2D eigenvalue weighted by atomic mass is 9.95. The quantitative estimate of drug-likeness (QED) is 0.0733. The summed E-state index contributed by atoms with van der Waals surface area (Å²) in [5.41, 5.74) is 2.90. The molecule has 212 valence electrons.